The number of carbonyl (C=O) groups is 1. The second kappa shape index (κ2) is 11.3. The number of furan rings is 1. The van der Waals surface area contributed by atoms with Crippen LogP contribution >= 0.6 is 24.0 Å². The van der Waals surface area contributed by atoms with E-state index in [1.807, 2.05) is 0 Å². The van der Waals surface area contributed by atoms with Crippen molar-refractivity contribution < 1.29 is 13.9 Å². The average molecular weight is 423 g/mol. The van der Waals surface area contributed by atoms with Gasteiger partial charge in [0, 0.05) is 13.6 Å². The summed E-state index contributed by atoms with van der Waals surface area (Å²) >= 11 is 0. The summed E-state index contributed by atoms with van der Waals surface area (Å²) in [4.78, 5) is 15.6. The van der Waals surface area contributed by atoms with E-state index < -0.39 is 0 Å². The molecule has 7 heteroatoms. The molecule has 1 rings (SSSR count). The summed E-state index contributed by atoms with van der Waals surface area (Å²) in [6.07, 6.45) is 3.50. The van der Waals surface area contributed by atoms with Crippen molar-refractivity contribution in [3.63, 3.8) is 0 Å². The number of aliphatic imine (C=N–C) groups is 1. The Morgan fingerprint density at radius 1 is 1.36 bits per heavy atom. The summed E-state index contributed by atoms with van der Waals surface area (Å²) in [6.45, 7) is 5.27. The molecule has 0 amide bonds. The number of unbranched alkanes of at least 4 members (excludes halogenated alkanes) is 2. The van der Waals surface area contributed by atoms with Crippen LogP contribution in [0.2, 0.25) is 0 Å². The van der Waals surface area contributed by atoms with E-state index in [-0.39, 0.29) is 29.9 Å². The zero-order chi connectivity index (χ0) is 15.7. The molecule has 0 saturated heterocycles. The van der Waals surface area contributed by atoms with Crippen molar-refractivity contribution >= 4 is 35.9 Å². The Hall–Kier alpha value is -1.25. The molecule has 126 valence electrons. The third-order valence-electron chi connectivity index (χ3n) is 3.10. The topological polar surface area (TPSA) is 75.9 Å². The molecule has 1 aromatic rings. The minimum absolute atomic E-state index is 0. The molecule has 0 fully saturated rings. The van der Waals surface area contributed by atoms with Gasteiger partial charge in [0.2, 0.25) is 0 Å². The van der Waals surface area contributed by atoms with Gasteiger partial charge >= 0.3 is 5.97 Å². The van der Waals surface area contributed by atoms with Gasteiger partial charge in [-0.3, -0.25) is 4.99 Å². The van der Waals surface area contributed by atoms with E-state index in [1.54, 1.807) is 20.0 Å². The Bertz CT molecular complexity index is 486. The minimum Gasteiger partial charge on any atom is -0.465 e. The van der Waals surface area contributed by atoms with Gasteiger partial charge in [-0.15, -0.1) is 24.0 Å². The molecule has 0 aromatic carbocycles. The van der Waals surface area contributed by atoms with E-state index in [9.17, 15) is 4.79 Å². The fourth-order valence-corrected chi connectivity index (χ4v) is 1.92. The van der Waals surface area contributed by atoms with Crippen LogP contribution in [0.5, 0.6) is 0 Å². The Morgan fingerprint density at radius 3 is 2.68 bits per heavy atom. The zero-order valence-corrected chi connectivity index (χ0v) is 16.0. The lowest BCUT2D eigenvalue weighted by Crippen LogP contribution is -2.37. The Labute approximate surface area is 149 Å². The van der Waals surface area contributed by atoms with Crippen LogP contribution in [0.1, 0.15) is 48.1 Å². The monoisotopic (exact) mass is 423 g/mol. The van der Waals surface area contributed by atoms with Gasteiger partial charge in [0.25, 0.3) is 0 Å². The van der Waals surface area contributed by atoms with Gasteiger partial charge < -0.3 is 19.8 Å². The van der Waals surface area contributed by atoms with Gasteiger partial charge in [-0.25, -0.2) is 4.79 Å². The zero-order valence-electron chi connectivity index (χ0n) is 13.7. The first-order valence-electron chi connectivity index (χ1n) is 7.24. The first kappa shape index (κ1) is 20.8. The third-order valence-corrected chi connectivity index (χ3v) is 3.10. The molecule has 22 heavy (non-hydrogen) atoms. The predicted octanol–water partition coefficient (Wildman–Crippen LogP) is 2.85. The van der Waals surface area contributed by atoms with Gasteiger partial charge in [-0.05, 0) is 19.4 Å². The summed E-state index contributed by atoms with van der Waals surface area (Å²) in [5, 5.41) is 6.39. The van der Waals surface area contributed by atoms with Crippen molar-refractivity contribution in [2.24, 2.45) is 4.99 Å². The summed E-state index contributed by atoms with van der Waals surface area (Å²) < 4.78 is 10.2. The third kappa shape index (κ3) is 6.67. The number of guanidine groups is 1. The lowest BCUT2D eigenvalue weighted by Gasteiger charge is -2.10. The molecule has 2 N–H and O–H groups in total. The second-order valence-electron chi connectivity index (χ2n) is 4.73. The largest absolute Gasteiger partial charge is 0.465 e. The fourth-order valence-electron chi connectivity index (χ4n) is 1.92. The number of rotatable bonds is 7. The predicted molar refractivity (Wildman–Crippen MR) is 97.9 cm³/mol. The van der Waals surface area contributed by atoms with Crippen molar-refractivity contribution in [2.45, 2.75) is 39.7 Å². The maximum Gasteiger partial charge on any atom is 0.341 e. The van der Waals surface area contributed by atoms with Crippen molar-refractivity contribution in [3.8, 4) is 0 Å². The van der Waals surface area contributed by atoms with E-state index in [2.05, 4.69) is 22.5 Å². The summed E-state index contributed by atoms with van der Waals surface area (Å²) in [5.74, 6) is 1.57. The summed E-state index contributed by atoms with van der Waals surface area (Å²) in [7, 11) is 3.08. The van der Waals surface area contributed by atoms with E-state index >= 15 is 0 Å². The van der Waals surface area contributed by atoms with Crippen LogP contribution in [-0.2, 0) is 11.3 Å². The fraction of sp³-hybridized carbons (Fsp3) is 0.600. The normalized spacial score (nSPS) is 10.8. The molecule has 0 aliphatic carbocycles. The van der Waals surface area contributed by atoms with E-state index in [4.69, 9.17) is 9.15 Å². The molecule has 0 unspecified atom stereocenters. The standard InChI is InChI=1S/C15H25N3O3.HI/c1-5-6-7-8-17-15(16-3)18-10-12-9-13(11(2)21-12)14(19)20-4;/h9H,5-8,10H2,1-4H3,(H2,16,17,18);1H. The molecule has 0 saturated carbocycles. The highest BCUT2D eigenvalue weighted by Gasteiger charge is 2.15. The molecular formula is C15H26IN3O3. The first-order valence-corrected chi connectivity index (χ1v) is 7.24. The lowest BCUT2D eigenvalue weighted by atomic mass is 10.2. The van der Waals surface area contributed by atoms with Crippen molar-refractivity contribution in [1.29, 1.82) is 0 Å². The van der Waals surface area contributed by atoms with Crippen molar-refractivity contribution in [3.05, 3.63) is 23.2 Å². The maximum atomic E-state index is 11.5. The lowest BCUT2D eigenvalue weighted by molar-refractivity contribution is 0.0599. The van der Waals surface area contributed by atoms with E-state index in [1.165, 1.54) is 20.0 Å². The second-order valence-corrected chi connectivity index (χ2v) is 4.73. The molecule has 1 heterocycles. The molecule has 0 aliphatic rings. The average Bonchev–Trinajstić information content (AvgIpc) is 2.86. The number of carbonyl (C=O) groups excluding carboxylic acids is 1. The highest BCUT2D eigenvalue weighted by atomic mass is 127. The van der Waals surface area contributed by atoms with Crippen LogP contribution in [0, 0.1) is 6.92 Å². The number of hydrogen-bond donors (Lipinski definition) is 2. The number of aryl methyl sites for hydroxylation is 1. The smallest absolute Gasteiger partial charge is 0.341 e. The number of esters is 1. The number of methoxy groups -OCH3 is 1. The number of nitrogens with one attached hydrogen (secondary N) is 2. The molecule has 6 nitrogen and oxygen atoms in total. The molecule has 0 atom stereocenters. The molecule has 0 spiro atoms. The minimum atomic E-state index is -0.385. The number of hydrogen-bond acceptors (Lipinski definition) is 4. The van der Waals surface area contributed by atoms with Crippen LogP contribution in [0.15, 0.2) is 15.5 Å². The number of ether oxygens (including phenoxy) is 1. The Morgan fingerprint density at radius 2 is 2.09 bits per heavy atom. The van der Waals surface area contributed by atoms with Crippen LogP contribution < -0.4 is 10.6 Å². The van der Waals surface area contributed by atoms with Crippen LogP contribution in [0.3, 0.4) is 0 Å². The van der Waals surface area contributed by atoms with Crippen molar-refractivity contribution in [2.75, 3.05) is 20.7 Å². The van der Waals surface area contributed by atoms with Crippen LogP contribution in [0.25, 0.3) is 0 Å². The SMILES string of the molecule is CCCCCNC(=NC)NCc1cc(C(=O)OC)c(C)o1.I. The number of halogens is 1. The van der Waals surface area contributed by atoms with Gasteiger partial charge in [0.05, 0.1) is 13.7 Å². The summed E-state index contributed by atoms with van der Waals surface area (Å²) in [5.41, 5.74) is 0.459. The van der Waals surface area contributed by atoms with E-state index in [0.717, 1.165) is 18.9 Å². The molecular weight excluding hydrogens is 397 g/mol. The molecule has 0 aliphatic heterocycles. The molecule has 1 aromatic heterocycles. The van der Waals surface area contributed by atoms with Gasteiger partial charge in [0.15, 0.2) is 5.96 Å². The highest BCUT2D eigenvalue weighted by molar-refractivity contribution is 14.0. The van der Waals surface area contributed by atoms with Gasteiger partial charge in [-0.2, -0.15) is 0 Å². The van der Waals surface area contributed by atoms with Crippen LogP contribution in [-0.4, -0.2) is 32.6 Å². The highest BCUT2D eigenvalue weighted by Crippen LogP contribution is 2.15. The first-order chi connectivity index (χ1) is 10.1. The van der Waals surface area contributed by atoms with Crippen molar-refractivity contribution in [1.82, 2.24) is 10.6 Å². The maximum absolute atomic E-state index is 11.5. The molecule has 0 radical (unpaired) electrons. The Balaban J connectivity index is 0.00000441. The van der Waals surface area contributed by atoms with E-state index in [0.29, 0.717) is 23.6 Å². The number of nitrogens with zero attached hydrogens (tertiary/aromatic N) is 1. The summed E-state index contributed by atoms with van der Waals surface area (Å²) in [6, 6.07) is 1.69. The van der Waals surface area contributed by atoms with Crippen LogP contribution in [0.4, 0.5) is 0 Å². The molecule has 0 bridgehead atoms. The Kier molecular flexibility index (Phi) is 10.7. The quantitative estimate of drug-likeness (QED) is 0.232. The van der Waals surface area contributed by atoms with Gasteiger partial charge in [-0.1, -0.05) is 19.8 Å². The van der Waals surface area contributed by atoms with Gasteiger partial charge in [0.1, 0.15) is 17.1 Å².